The van der Waals surface area contributed by atoms with Crippen molar-refractivity contribution < 1.29 is 14.6 Å². The number of carbonyl (C=O) groups excluding carboxylic acids is 1. The summed E-state index contributed by atoms with van der Waals surface area (Å²) in [6, 6.07) is 5.43. The predicted octanol–water partition coefficient (Wildman–Crippen LogP) is 0.646. The highest BCUT2D eigenvalue weighted by Gasteiger charge is 2.12. The molecule has 0 radical (unpaired) electrons. The molecule has 0 saturated heterocycles. The van der Waals surface area contributed by atoms with Crippen LogP contribution in [0.3, 0.4) is 0 Å². The summed E-state index contributed by atoms with van der Waals surface area (Å²) in [6.45, 7) is 2.50. The molecule has 98 valence electrons. The van der Waals surface area contributed by atoms with Gasteiger partial charge in [-0.1, -0.05) is 0 Å². The monoisotopic (exact) mass is 250 g/mol. The van der Waals surface area contributed by atoms with Crippen molar-refractivity contribution in [2.24, 2.45) is 0 Å². The number of fused-ring (bicyclic) bond motifs is 1. The number of aliphatic hydroxyl groups is 1. The van der Waals surface area contributed by atoms with Gasteiger partial charge in [0.05, 0.1) is 12.2 Å². The Morgan fingerprint density at radius 1 is 1.50 bits per heavy atom. The highest BCUT2D eigenvalue weighted by molar-refractivity contribution is 5.98. The Kier molecular flexibility index (Phi) is 4.55. The molecule has 1 aromatic rings. The summed E-state index contributed by atoms with van der Waals surface area (Å²) < 4.78 is 5.45. The van der Waals surface area contributed by atoms with Gasteiger partial charge in [-0.15, -0.1) is 0 Å². The number of aliphatic hydroxyl groups excluding tert-OH is 1. The smallest absolute Gasteiger partial charge is 0.176 e. The fraction of sp³-hybridized carbons (Fsp3) is 0.462. The van der Waals surface area contributed by atoms with Gasteiger partial charge < -0.3 is 20.5 Å². The third-order valence-corrected chi connectivity index (χ3v) is 2.77. The van der Waals surface area contributed by atoms with Crippen LogP contribution in [-0.4, -0.2) is 43.7 Å². The van der Waals surface area contributed by atoms with Crippen LogP contribution in [0, 0.1) is 0 Å². The minimum absolute atomic E-state index is 0.0445. The van der Waals surface area contributed by atoms with Gasteiger partial charge in [-0.25, -0.2) is 0 Å². The lowest BCUT2D eigenvalue weighted by Crippen LogP contribution is -2.25. The Morgan fingerprint density at radius 2 is 2.39 bits per heavy atom. The fourth-order valence-electron chi connectivity index (χ4n) is 1.82. The highest BCUT2D eigenvalue weighted by Crippen LogP contribution is 2.27. The molecule has 0 unspecified atom stereocenters. The summed E-state index contributed by atoms with van der Waals surface area (Å²) >= 11 is 0. The molecular weight excluding hydrogens is 232 g/mol. The SMILES string of the molecule is O=C(CNCCCO)c1ccc2c(c1)NCCO2. The third-order valence-electron chi connectivity index (χ3n) is 2.77. The van der Waals surface area contributed by atoms with E-state index >= 15 is 0 Å². The molecule has 1 aromatic carbocycles. The lowest BCUT2D eigenvalue weighted by molar-refractivity contribution is 0.0990. The number of Topliss-reactive ketones (excluding diaryl/α,β-unsaturated/α-hetero) is 1. The van der Waals surface area contributed by atoms with Crippen LogP contribution in [0.2, 0.25) is 0 Å². The molecule has 1 heterocycles. The third kappa shape index (κ3) is 3.21. The summed E-state index contributed by atoms with van der Waals surface area (Å²) in [7, 11) is 0. The topological polar surface area (TPSA) is 70.6 Å². The van der Waals surface area contributed by atoms with Crippen molar-refractivity contribution in [2.75, 3.05) is 38.2 Å². The van der Waals surface area contributed by atoms with Crippen molar-refractivity contribution >= 4 is 11.5 Å². The van der Waals surface area contributed by atoms with Crippen LogP contribution in [0.4, 0.5) is 5.69 Å². The highest BCUT2D eigenvalue weighted by atomic mass is 16.5. The zero-order valence-electron chi connectivity index (χ0n) is 10.2. The largest absolute Gasteiger partial charge is 0.490 e. The van der Waals surface area contributed by atoms with E-state index in [0.29, 0.717) is 31.7 Å². The van der Waals surface area contributed by atoms with Gasteiger partial charge in [0, 0.05) is 18.7 Å². The zero-order chi connectivity index (χ0) is 12.8. The first-order chi connectivity index (χ1) is 8.81. The Bertz CT molecular complexity index is 421. The molecule has 18 heavy (non-hydrogen) atoms. The van der Waals surface area contributed by atoms with E-state index in [1.54, 1.807) is 6.07 Å². The first-order valence-electron chi connectivity index (χ1n) is 6.17. The van der Waals surface area contributed by atoms with E-state index in [1.165, 1.54) is 0 Å². The lowest BCUT2D eigenvalue weighted by atomic mass is 10.1. The van der Waals surface area contributed by atoms with Crippen molar-refractivity contribution in [2.45, 2.75) is 6.42 Å². The average Bonchev–Trinajstić information content (AvgIpc) is 2.43. The summed E-state index contributed by atoms with van der Waals surface area (Å²) in [5.74, 6) is 0.842. The van der Waals surface area contributed by atoms with Gasteiger partial charge in [-0.2, -0.15) is 0 Å². The number of carbonyl (C=O) groups is 1. The van der Waals surface area contributed by atoms with Crippen LogP contribution in [0.15, 0.2) is 18.2 Å². The van der Waals surface area contributed by atoms with Crippen molar-refractivity contribution in [1.29, 1.82) is 0 Å². The summed E-state index contributed by atoms with van der Waals surface area (Å²) in [4.78, 5) is 11.9. The second-order valence-electron chi connectivity index (χ2n) is 4.16. The van der Waals surface area contributed by atoms with Crippen LogP contribution in [0.25, 0.3) is 0 Å². The van der Waals surface area contributed by atoms with Crippen LogP contribution in [-0.2, 0) is 0 Å². The van der Waals surface area contributed by atoms with E-state index in [9.17, 15) is 4.79 Å². The number of hydrogen-bond donors (Lipinski definition) is 3. The summed E-state index contributed by atoms with van der Waals surface area (Å²) in [5.41, 5.74) is 1.55. The molecule has 1 aliphatic rings. The molecule has 0 atom stereocenters. The summed E-state index contributed by atoms with van der Waals surface area (Å²) in [5, 5.41) is 14.8. The van der Waals surface area contributed by atoms with Crippen LogP contribution >= 0.6 is 0 Å². The molecule has 0 aliphatic carbocycles. The molecule has 5 nitrogen and oxygen atoms in total. The van der Waals surface area contributed by atoms with Crippen molar-refractivity contribution in [3.05, 3.63) is 23.8 Å². The average molecular weight is 250 g/mol. The second kappa shape index (κ2) is 6.37. The Balaban J connectivity index is 1.94. The molecule has 0 bridgehead atoms. The number of rotatable bonds is 6. The molecule has 5 heteroatoms. The Morgan fingerprint density at radius 3 is 3.22 bits per heavy atom. The maximum Gasteiger partial charge on any atom is 0.176 e. The molecule has 0 saturated carbocycles. The van der Waals surface area contributed by atoms with Gasteiger partial charge in [0.1, 0.15) is 12.4 Å². The minimum Gasteiger partial charge on any atom is -0.490 e. The van der Waals surface area contributed by atoms with Crippen molar-refractivity contribution in [3.8, 4) is 5.75 Å². The predicted molar refractivity (Wildman–Crippen MR) is 69.3 cm³/mol. The van der Waals surface area contributed by atoms with E-state index in [1.807, 2.05) is 12.1 Å². The minimum atomic E-state index is 0.0445. The zero-order valence-corrected chi connectivity index (χ0v) is 10.2. The van der Waals surface area contributed by atoms with Gasteiger partial charge in [-0.3, -0.25) is 4.79 Å². The second-order valence-corrected chi connectivity index (χ2v) is 4.16. The molecule has 0 amide bonds. The van der Waals surface area contributed by atoms with Gasteiger partial charge in [0.15, 0.2) is 5.78 Å². The van der Waals surface area contributed by atoms with Crippen LogP contribution < -0.4 is 15.4 Å². The fourth-order valence-corrected chi connectivity index (χ4v) is 1.82. The van der Waals surface area contributed by atoms with Gasteiger partial charge in [-0.05, 0) is 31.2 Å². The molecular formula is C13H18N2O3. The standard InChI is InChI=1S/C13H18N2O3/c16-6-1-4-14-9-12(17)10-2-3-13-11(8-10)15-5-7-18-13/h2-3,8,14-16H,1,4-7,9H2. The van der Waals surface area contributed by atoms with Crippen molar-refractivity contribution in [1.82, 2.24) is 5.32 Å². The Labute approximate surface area is 106 Å². The molecule has 0 fully saturated rings. The normalized spacial score (nSPS) is 13.4. The molecule has 3 N–H and O–H groups in total. The summed E-state index contributed by atoms with van der Waals surface area (Å²) in [6.07, 6.45) is 0.660. The van der Waals surface area contributed by atoms with Crippen LogP contribution in [0.5, 0.6) is 5.75 Å². The van der Waals surface area contributed by atoms with E-state index < -0.39 is 0 Å². The number of benzene rings is 1. The van der Waals surface area contributed by atoms with Gasteiger partial charge >= 0.3 is 0 Å². The first-order valence-corrected chi connectivity index (χ1v) is 6.17. The van der Waals surface area contributed by atoms with E-state index in [2.05, 4.69) is 10.6 Å². The quantitative estimate of drug-likeness (QED) is 0.511. The number of ether oxygens (including phenoxy) is 1. The van der Waals surface area contributed by atoms with Gasteiger partial charge in [0.2, 0.25) is 0 Å². The molecule has 0 spiro atoms. The molecule has 1 aliphatic heterocycles. The number of nitrogens with one attached hydrogen (secondary N) is 2. The number of hydrogen-bond acceptors (Lipinski definition) is 5. The van der Waals surface area contributed by atoms with Crippen LogP contribution in [0.1, 0.15) is 16.8 Å². The van der Waals surface area contributed by atoms with Gasteiger partial charge in [0.25, 0.3) is 0 Å². The maximum atomic E-state index is 11.9. The van der Waals surface area contributed by atoms with E-state index in [-0.39, 0.29) is 12.4 Å². The van der Waals surface area contributed by atoms with E-state index in [4.69, 9.17) is 9.84 Å². The van der Waals surface area contributed by atoms with E-state index in [0.717, 1.165) is 18.0 Å². The maximum absolute atomic E-state index is 11.9. The molecule has 2 rings (SSSR count). The Hall–Kier alpha value is -1.59. The number of anilines is 1. The molecule has 0 aromatic heterocycles. The lowest BCUT2D eigenvalue weighted by Gasteiger charge is -2.19. The number of ketones is 1. The van der Waals surface area contributed by atoms with Crippen molar-refractivity contribution in [3.63, 3.8) is 0 Å². The first kappa shape index (κ1) is 12.9.